The van der Waals surface area contributed by atoms with E-state index in [9.17, 15) is 17.6 Å². The fourth-order valence-electron chi connectivity index (χ4n) is 3.22. The van der Waals surface area contributed by atoms with Crippen LogP contribution in [0.2, 0.25) is 5.02 Å². The molecule has 0 aliphatic heterocycles. The average Bonchev–Trinajstić information content (AvgIpc) is 3.46. The molecule has 2 aromatic carbocycles. The summed E-state index contributed by atoms with van der Waals surface area (Å²) in [5.74, 6) is -1.06. The minimum Gasteiger partial charge on any atom is -0.455 e. The monoisotopic (exact) mass is 447 g/mol. The van der Waals surface area contributed by atoms with Crippen LogP contribution in [0.4, 0.5) is 4.39 Å². The Labute approximate surface area is 179 Å². The largest absolute Gasteiger partial charge is 0.455 e. The number of carbonyl (C=O) groups excluding carboxylic acids is 1. The lowest BCUT2D eigenvalue weighted by Gasteiger charge is -2.22. The highest BCUT2D eigenvalue weighted by atomic mass is 35.5. The van der Waals surface area contributed by atoms with E-state index in [0.717, 1.165) is 12.8 Å². The van der Waals surface area contributed by atoms with Gasteiger partial charge in [0, 0.05) is 16.6 Å². The van der Waals surface area contributed by atoms with Gasteiger partial charge < -0.3 is 9.32 Å². The topological polar surface area (TPSA) is 67.6 Å². The fraction of sp³-hybridized carbons (Fsp3) is 0.227. The molecule has 0 saturated heterocycles. The molecule has 0 atom stereocenters. The lowest BCUT2D eigenvalue weighted by atomic mass is 10.2. The van der Waals surface area contributed by atoms with Crippen LogP contribution in [0.5, 0.6) is 0 Å². The van der Waals surface area contributed by atoms with E-state index in [4.69, 9.17) is 16.0 Å². The zero-order valence-corrected chi connectivity index (χ0v) is 17.5. The molecule has 3 aromatic rings. The van der Waals surface area contributed by atoms with Gasteiger partial charge >= 0.3 is 0 Å². The third kappa shape index (κ3) is 4.42. The molecule has 0 unspecified atom stereocenters. The minimum atomic E-state index is -3.60. The van der Waals surface area contributed by atoms with Crippen molar-refractivity contribution in [2.24, 2.45) is 0 Å². The minimum absolute atomic E-state index is 0.0187. The van der Waals surface area contributed by atoms with Gasteiger partial charge in [-0.25, -0.2) is 12.8 Å². The number of carbonyl (C=O) groups is 1. The maximum absolute atomic E-state index is 14.2. The fourth-order valence-corrected chi connectivity index (χ4v) is 4.71. The van der Waals surface area contributed by atoms with Gasteiger partial charge in [-0.15, -0.1) is 0 Å². The molecule has 1 aliphatic rings. The highest BCUT2D eigenvalue weighted by Crippen LogP contribution is 2.32. The predicted octanol–water partition coefficient (Wildman–Crippen LogP) is 4.85. The van der Waals surface area contributed by atoms with E-state index < -0.39 is 21.6 Å². The number of rotatable bonds is 7. The molecule has 156 valence electrons. The Balaban J connectivity index is 1.54. The van der Waals surface area contributed by atoms with Crippen molar-refractivity contribution in [2.75, 3.05) is 0 Å². The van der Waals surface area contributed by atoms with Gasteiger partial charge in [-0.1, -0.05) is 35.9 Å². The summed E-state index contributed by atoms with van der Waals surface area (Å²) in [6.07, 6.45) is 1.63. The van der Waals surface area contributed by atoms with Crippen LogP contribution in [-0.2, 0) is 22.1 Å². The molecule has 0 spiro atoms. The van der Waals surface area contributed by atoms with Crippen molar-refractivity contribution in [3.63, 3.8) is 0 Å². The Morgan fingerprint density at radius 1 is 1.07 bits per heavy atom. The van der Waals surface area contributed by atoms with E-state index >= 15 is 0 Å². The Kier molecular flexibility index (Phi) is 5.66. The lowest BCUT2D eigenvalue weighted by molar-refractivity contribution is 0.0694. The number of hydrogen-bond donors (Lipinski definition) is 0. The molecule has 8 heteroatoms. The molecule has 4 rings (SSSR count). The van der Waals surface area contributed by atoms with Crippen molar-refractivity contribution >= 4 is 27.3 Å². The highest BCUT2D eigenvalue weighted by Gasteiger charge is 2.35. The van der Waals surface area contributed by atoms with Crippen molar-refractivity contribution < 1.29 is 22.0 Å². The third-order valence-corrected chi connectivity index (χ3v) is 6.95. The second-order valence-electron chi connectivity index (χ2n) is 7.20. The van der Waals surface area contributed by atoms with Crippen LogP contribution in [-0.4, -0.2) is 25.3 Å². The number of amides is 1. The van der Waals surface area contributed by atoms with Gasteiger partial charge in [-0.05, 0) is 49.2 Å². The van der Waals surface area contributed by atoms with Crippen LogP contribution in [0, 0.1) is 5.82 Å². The highest BCUT2D eigenvalue weighted by molar-refractivity contribution is 7.90. The molecule has 1 heterocycles. The summed E-state index contributed by atoms with van der Waals surface area (Å²) in [6, 6.07) is 15.4. The van der Waals surface area contributed by atoms with Gasteiger partial charge in [0.15, 0.2) is 15.6 Å². The van der Waals surface area contributed by atoms with Gasteiger partial charge in [0.1, 0.15) is 17.3 Å². The first-order chi connectivity index (χ1) is 14.3. The van der Waals surface area contributed by atoms with Crippen molar-refractivity contribution in [1.82, 2.24) is 4.90 Å². The van der Waals surface area contributed by atoms with E-state index in [1.165, 1.54) is 41.3 Å². The first kappa shape index (κ1) is 20.6. The molecule has 30 heavy (non-hydrogen) atoms. The van der Waals surface area contributed by atoms with E-state index in [2.05, 4.69) is 0 Å². The molecule has 1 fully saturated rings. The zero-order chi connectivity index (χ0) is 21.3. The molecule has 5 nitrogen and oxygen atoms in total. The van der Waals surface area contributed by atoms with E-state index in [-0.39, 0.29) is 45.3 Å². The summed E-state index contributed by atoms with van der Waals surface area (Å²) >= 11 is 6.12. The maximum atomic E-state index is 14.2. The van der Waals surface area contributed by atoms with Gasteiger partial charge in [-0.2, -0.15) is 0 Å². The van der Waals surface area contributed by atoms with Crippen LogP contribution >= 0.6 is 11.6 Å². The van der Waals surface area contributed by atoms with Crippen LogP contribution in [0.3, 0.4) is 0 Å². The van der Waals surface area contributed by atoms with Crippen molar-refractivity contribution in [2.45, 2.75) is 36.1 Å². The number of nitrogens with zero attached hydrogens (tertiary/aromatic N) is 1. The molecule has 0 N–H and O–H groups in total. The predicted molar refractivity (Wildman–Crippen MR) is 110 cm³/mol. The molecular formula is C22H19ClFNO4S. The average molecular weight is 448 g/mol. The third-order valence-electron chi connectivity index (χ3n) is 4.95. The van der Waals surface area contributed by atoms with E-state index in [0.29, 0.717) is 0 Å². The Morgan fingerprint density at radius 3 is 2.47 bits per heavy atom. The summed E-state index contributed by atoms with van der Waals surface area (Å²) in [4.78, 5) is 14.7. The van der Waals surface area contributed by atoms with Gasteiger partial charge in [0.2, 0.25) is 0 Å². The summed E-state index contributed by atoms with van der Waals surface area (Å²) in [5, 5.41) is 0.252. The van der Waals surface area contributed by atoms with Crippen LogP contribution < -0.4 is 0 Å². The van der Waals surface area contributed by atoms with E-state index in [1.807, 2.05) is 0 Å². The van der Waals surface area contributed by atoms with Crippen LogP contribution in [0.1, 0.15) is 34.7 Å². The van der Waals surface area contributed by atoms with Gasteiger partial charge in [0.25, 0.3) is 5.91 Å². The number of halogens is 2. The van der Waals surface area contributed by atoms with Crippen LogP contribution in [0.25, 0.3) is 0 Å². The number of furan rings is 1. The Hall–Kier alpha value is -2.64. The summed E-state index contributed by atoms with van der Waals surface area (Å²) < 4.78 is 44.8. The van der Waals surface area contributed by atoms with Gasteiger partial charge in [-0.3, -0.25) is 4.79 Å². The molecule has 1 saturated carbocycles. The smallest absolute Gasteiger partial charge is 0.290 e. The van der Waals surface area contributed by atoms with Crippen molar-refractivity contribution in [3.05, 3.63) is 88.6 Å². The first-order valence-electron chi connectivity index (χ1n) is 9.45. The first-order valence-corrected chi connectivity index (χ1v) is 11.5. The summed E-state index contributed by atoms with van der Waals surface area (Å²) in [5.41, 5.74) is 0.248. The maximum Gasteiger partial charge on any atom is 0.290 e. The molecule has 0 radical (unpaired) electrons. The Bertz CT molecular complexity index is 1150. The summed E-state index contributed by atoms with van der Waals surface area (Å²) in [7, 11) is -3.60. The quantitative estimate of drug-likeness (QED) is 0.519. The lowest BCUT2D eigenvalue weighted by Crippen LogP contribution is -2.32. The second-order valence-corrected chi connectivity index (χ2v) is 9.60. The molecular weight excluding hydrogens is 429 g/mol. The molecule has 0 bridgehead atoms. The standard InChI is InChI=1S/C22H19ClFNO4S/c23-19-7-4-8-20(24)18(19)13-25(15-9-10-15)22(26)21-12-11-16(29-21)14-30(27,28)17-5-2-1-3-6-17/h1-8,11-12,15H,9-10,13-14H2. The van der Waals surface area contributed by atoms with Crippen LogP contribution in [0.15, 0.2) is 70.0 Å². The number of benzene rings is 2. The number of hydrogen-bond acceptors (Lipinski definition) is 4. The second kappa shape index (κ2) is 8.24. The molecule has 1 aromatic heterocycles. The summed E-state index contributed by atoms with van der Waals surface area (Å²) in [6.45, 7) is 0.0212. The SMILES string of the molecule is O=C(c1ccc(CS(=O)(=O)c2ccccc2)o1)N(Cc1c(F)cccc1Cl)C1CC1. The van der Waals surface area contributed by atoms with Crippen molar-refractivity contribution in [1.29, 1.82) is 0 Å². The Morgan fingerprint density at radius 2 is 1.80 bits per heavy atom. The van der Waals surface area contributed by atoms with E-state index in [1.54, 1.807) is 24.3 Å². The zero-order valence-electron chi connectivity index (χ0n) is 15.9. The molecule has 1 aliphatic carbocycles. The van der Waals surface area contributed by atoms with Gasteiger partial charge in [0.05, 0.1) is 11.4 Å². The normalized spacial score (nSPS) is 13.9. The van der Waals surface area contributed by atoms with Crippen molar-refractivity contribution in [3.8, 4) is 0 Å². The number of sulfone groups is 1. The molecule has 1 amide bonds.